The van der Waals surface area contributed by atoms with Crippen molar-refractivity contribution in [3.63, 3.8) is 0 Å². The largest absolute Gasteiger partial charge is 0.393 e. The number of unbranched alkanes of at least 4 members (excludes halogenated alkanes) is 8. The van der Waals surface area contributed by atoms with Crippen LogP contribution in [0.25, 0.3) is 11.0 Å². The fourth-order valence-corrected chi connectivity index (χ4v) is 3.66. The van der Waals surface area contributed by atoms with Gasteiger partial charge in [-0.1, -0.05) is 64.0 Å². The third kappa shape index (κ3) is 9.08. The maximum absolute atomic E-state index is 10.9. The molecule has 0 aliphatic carbocycles. The van der Waals surface area contributed by atoms with Crippen LogP contribution in [0.5, 0.6) is 0 Å². The smallest absolute Gasteiger partial charge is 0.271 e. The van der Waals surface area contributed by atoms with Gasteiger partial charge in [0.15, 0.2) is 0 Å². The highest BCUT2D eigenvalue weighted by Gasteiger charge is 2.09. The summed E-state index contributed by atoms with van der Waals surface area (Å²) in [6.45, 7) is 2.21. The molecule has 1 aromatic carbocycles. The lowest BCUT2D eigenvalue weighted by molar-refractivity contribution is -0.384. The molecule has 0 aliphatic rings. The Balaban J connectivity index is 1.50. The summed E-state index contributed by atoms with van der Waals surface area (Å²) >= 11 is 0. The van der Waals surface area contributed by atoms with Gasteiger partial charge in [0.05, 0.1) is 22.1 Å². The Hall–Kier alpha value is -2.21. The molecule has 2 N–H and O–H groups in total. The lowest BCUT2D eigenvalue weighted by Gasteiger charge is -2.07. The van der Waals surface area contributed by atoms with Crippen molar-refractivity contribution in [1.29, 1.82) is 0 Å². The van der Waals surface area contributed by atoms with Crippen molar-refractivity contribution in [2.24, 2.45) is 0 Å². The van der Waals surface area contributed by atoms with Crippen LogP contribution in [-0.4, -0.2) is 26.1 Å². The van der Waals surface area contributed by atoms with Crippen LogP contribution in [0.3, 0.4) is 0 Å². The molecule has 0 saturated heterocycles. The Bertz CT molecular complexity index is 785. The van der Waals surface area contributed by atoms with Crippen molar-refractivity contribution in [2.45, 2.75) is 96.5 Å². The number of aromatic nitrogens is 2. The van der Waals surface area contributed by atoms with Crippen molar-refractivity contribution in [1.82, 2.24) is 9.97 Å². The van der Waals surface area contributed by atoms with Gasteiger partial charge in [-0.25, -0.2) is 4.98 Å². The zero-order valence-corrected chi connectivity index (χ0v) is 18.3. The van der Waals surface area contributed by atoms with Crippen LogP contribution in [0.2, 0.25) is 0 Å². The molecule has 6 heteroatoms. The molecule has 0 bridgehead atoms. The number of nitrogens with one attached hydrogen (secondary N) is 1. The minimum absolute atomic E-state index is 0.0910. The number of hydrogen-bond acceptors (Lipinski definition) is 4. The van der Waals surface area contributed by atoms with Gasteiger partial charge in [0.1, 0.15) is 5.82 Å². The second kappa shape index (κ2) is 13.9. The molecule has 0 fully saturated rings. The number of allylic oxidation sites excluding steroid dienone is 1. The number of nitro benzene ring substituents is 1. The second-order valence-corrected chi connectivity index (χ2v) is 8.16. The summed E-state index contributed by atoms with van der Waals surface area (Å²) in [5.74, 6) is 0.904. The molecule has 0 spiro atoms. The van der Waals surface area contributed by atoms with E-state index in [2.05, 4.69) is 29.0 Å². The van der Waals surface area contributed by atoms with E-state index in [0.717, 1.165) is 61.8 Å². The Morgan fingerprint density at radius 1 is 1.10 bits per heavy atom. The second-order valence-electron chi connectivity index (χ2n) is 8.16. The zero-order valence-electron chi connectivity index (χ0n) is 18.3. The number of nitrogens with zero attached hydrogens (tertiary/aromatic N) is 2. The Morgan fingerprint density at radius 3 is 2.67 bits per heavy atom. The topological polar surface area (TPSA) is 92.1 Å². The quantitative estimate of drug-likeness (QED) is 0.139. The van der Waals surface area contributed by atoms with E-state index >= 15 is 0 Å². The van der Waals surface area contributed by atoms with Crippen molar-refractivity contribution in [3.05, 3.63) is 46.3 Å². The Morgan fingerprint density at radius 2 is 1.87 bits per heavy atom. The molecule has 0 aliphatic heterocycles. The van der Waals surface area contributed by atoms with E-state index in [1.54, 1.807) is 12.1 Å². The maximum Gasteiger partial charge on any atom is 0.271 e. The lowest BCUT2D eigenvalue weighted by atomic mass is 10.1. The Kier molecular flexibility index (Phi) is 11.2. The number of H-pyrrole nitrogens is 1. The minimum atomic E-state index is -0.383. The molecule has 1 heterocycles. The fourth-order valence-electron chi connectivity index (χ4n) is 3.66. The number of benzene rings is 1. The first-order valence-corrected chi connectivity index (χ1v) is 11.6. The molecule has 0 unspecified atom stereocenters. The standard InChI is InChI=1S/C24H37N3O3/c1-2-3-4-11-14-21(28)15-12-9-7-5-6-8-10-13-16-24-25-22-18-17-20(27(29)30)19-23(22)26-24/h9,12,17-19,21,28H,2-8,10-11,13-16H2,1H3,(H,25,26)/b12-9-/t21-/m1/s1. The summed E-state index contributed by atoms with van der Waals surface area (Å²) in [7, 11) is 0. The molecule has 30 heavy (non-hydrogen) atoms. The van der Waals surface area contributed by atoms with E-state index < -0.39 is 0 Å². The van der Waals surface area contributed by atoms with E-state index in [0.29, 0.717) is 0 Å². The first-order chi connectivity index (χ1) is 14.6. The summed E-state index contributed by atoms with van der Waals surface area (Å²) in [6, 6.07) is 4.74. The van der Waals surface area contributed by atoms with Crippen molar-refractivity contribution in [3.8, 4) is 0 Å². The van der Waals surface area contributed by atoms with Crippen LogP contribution < -0.4 is 0 Å². The number of aliphatic hydroxyl groups is 1. The number of rotatable bonds is 16. The van der Waals surface area contributed by atoms with Crippen LogP contribution in [0, 0.1) is 10.1 Å². The van der Waals surface area contributed by atoms with Gasteiger partial charge in [0.25, 0.3) is 5.69 Å². The van der Waals surface area contributed by atoms with Gasteiger partial charge in [0.2, 0.25) is 0 Å². The number of nitro groups is 1. The summed E-state index contributed by atoms with van der Waals surface area (Å²) in [5.41, 5.74) is 1.61. The summed E-state index contributed by atoms with van der Waals surface area (Å²) in [5, 5.41) is 20.8. The van der Waals surface area contributed by atoms with Gasteiger partial charge in [-0.15, -0.1) is 0 Å². The van der Waals surface area contributed by atoms with Crippen LogP contribution in [-0.2, 0) is 6.42 Å². The van der Waals surface area contributed by atoms with Crippen LogP contribution in [0.15, 0.2) is 30.4 Å². The molecule has 0 saturated carbocycles. The van der Waals surface area contributed by atoms with Crippen LogP contribution in [0.1, 0.15) is 89.8 Å². The third-order valence-corrected chi connectivity index (χ3v) is 5.48. The SMILES string of the molecule is CCCCCC[C@@H](O)C/C=C\CCCCCCCc1nc2ccc([N+](=O)[O-])cc2[nH]1. The number of aryl methyl sites for hydroxylation is 1. The number of aliphatic hydroxyl groups excluding tert-OH is 1. The molecule has 166 valence electrons. The molecule has 2 aromatic rings. The van der Waals surface area contributed by atoms with Crippen LogP contribution >= 0.6 is 0 Å². The van der Waals surface area contributed by atoms with Gasteiger partial charge in [0, 0.05) is 18.6 Å². The predicted molar refractivity (Wildman–Crippen MR) is 123 cm³/mol. The number of fused-ring (bicyclic) bond motifs is 1. The monoisotopic (exact) mass is 415 g/mol. The molecule has 0 radical (unpaired) electrons. The molecule has 0 amide bonds. The summed E-state index contributed by atoms with van der Waals surface area (Å²) < 4.78 is 0. The highest BCUT2D eigenvalue weighted by Crippen LogP contribution is 2.20. The van der Waals surface area contributed by atoms with Gasteiger partial charge < -0.3 is 10.1 Å². The van der Waals surface area contributed by atoms with E-state index in [9.17, 15) is 15.2 Å². The van der Waals surface area contributed by atoms with Crippen molar-refractivity contribution >= 4 is 16.7 Å². The lowest BCUT2D eigenvalue weighted by Crippen LogP contribution is -2.04. The Labute approximate surface area is 180 Å². The predicted octanol–water partition coefficient (Wildman–Crippen LogP) is 6.63. The van der Waals surface area contributed by atoms with Gasteiger partial charge in [-0.2, -0.15) is 0 Å². The highest BCUT2D eigenvalue weighted by molar-refractivity contribution is 5.77. The van der Waals surface area contributed by atoms with E-state index in [-0.39, 0.29) is 16.7 Å². The first kappa shape index (κ1) is 24.1. The number of aromatic amines is 1. The molecular weight excluding hydrogens is 378 g/mol. The van der Waals surface area contributed by atoms with Crippen molar-refractivity contribution in [2.75, 3.05) is 0 Å². The third-order valence-electron chi connectivity index (χ3n) is 5.48. The van der Waals surface area contributed by atoms with Gasteiger partial charge in [-0.3, -0.25) is 10.1 Å². The molecule has 2 rings (SSSR count). The highest BCUT2D eigenvalue weighted by atomic mass is 16.6. The van der Waals surface area contributed by atoms with Gasteiger partial charge in [-0.05, 0) is 38.2 Å². The van der Waals surface area contributed by atoms with Gasteiger partial charge >= 0.3 is 0 Å². The number of non-ortho nitro benzene ring substituents is 1. The van der Waals surface area contributed by atoms with Crippen molar-refractivity contribution < 1.29 is 10.0 Å². The molecule has 6 nitrogen and oxygen atoms in total. The summed E-state index contributed by atoms with van der Waals surface area (Å²) in [4.78, 5) is 18.2. The number of imidazole rings is 1. The molecule has 1 aromatic heterocycles. The first-order valence-electron chi connectivity index (χ1n) is 11.6. The maximum atomic E-state index is 10.9. The minimum Gasteiger partial charge on any atom is -0.393 e. The average molecular weight is 416 g/mol. The van der Waals surface area contributed by atoms with E-state index in [1.165, 1.54) is 44.6 Å². The summed E-state index contributed by atoms with van der Waals surface area (Å²) in [6.07, 6.45) is 18.6. The van der Waals surface area contributed by atoms with E-state index in [1.807, 2.05) is 0 Å². The number of hydrogen-bond donors (Lipinski definition) is 2. The van der Waals surface area contributed by atoms with E-state index in [4.69, 9.17) is 0 Å². The molecular formula is C24H37N3O3. The zero-order chi connectivity index (χ0) is 21.6. The fraction of sp³-hybridized carbons (Fsp3) is 0.625. The normalized spacial score (nSPS) is 12.7. The average Bonchev–Trinajstić information content (AvgIpc) is 3.14. The molecule has 1 atom stereocenters. The van der Waals surface area contributed by atoms with Crippen LogP contribution in [0.4, 0.5) is 5.69 Å².